The van der Waals surface area contributed by atoms with Crippen LogP contribution in [0.3, 0.4) is 0 Å². The second-order valence-electron chi connectivity index (χ2n) is 2.35. The van der Waals surface area contributed by atoms with E-state index < -0.39 is 0 Å². The molecule has 42 valence electrons. The summed E-state index contributed by atoms with van der Waals surface area (Å²) in [6.07, 6.45) is 4.10. The minimum absolute atomic E-state index is 0.764. The van der Waals surface area contributed by atoms with E-state index in [2.05, 4.69) is 19.6 Å². The smallest absolute Gasteiger partial charge is 0.00485 e. The van der Waals surface area contributed by atoms with Crippen molar-refractivity contribution in [3.05, 3.63) is 0 Å². The van der Waals surface area contributed by atoms with Gasteiger partial charge in [-0.2, -0.15) is 12.6 Å². The molecule has 7 heavy (non-hydrogen) atoms. The molecule has 0 N–H and O–H groups in total. The molecule has 0 aliphatic heterocycles. The lowest BCUT2D eigenvalue weighted by molar-refractivity contribution is 0.711. The third-order valence-corrected chi connectivity index (χ3v) is 2.18. The van der Waals surface area contributed by atoms with Crippen molar-refractivity contribution in [1.82, 2.24) is 0 Å². The first-order chi connectivity index (χ1) is 3.34. The van der Waals surface area contributed by atoms with Gasteiger partial charge in [0, 0.05) is 5.25 Å². The Bertz CT molecular complexity index is 61.2. The highest BCUT2D eigenvalue weighted by atomic mass is 32.1. The van der Waals surface area contributed by atoms with Crippen LogP contribution in [0.15, 0.2) is 0 Å². The summed E-state index contributed by atoms with van der Waals surface area (Å²) in [4.78, 5) is 0. The van der Waals surface area contributed by atoms with E-state index in [1.165, 1.54) is 19.3 Å². The molecule has 0 bridgehead atoms. The van der Waals surface area contributed by atoms with Crippen LogP contribution in [0.1, 0.15) is 26.2 Å². The van der Waals surface area contributed by atoms with Crippen LogP contribution in [-0.4, -0.2) is 5.25 Å². The molecule has 0 amide bonds. The van der Waals surface area contributed by atoms with E-state index in [1.807, 2.05) is 0 Å². The summed E-state index contributed by atoms with van der Waals surface area (Å²) in [6, 6.07) is 0. The van der Waals surface area contributed by atoms with Gasteiger partial charge in [0.1, 0.15) is 0 Å². The first kappa shape index (κ1) is 5.49. The molecule has 0 spiro atoms. The first-order valence-corrected chi connectivity index (χ1v) is 3.54. The van der Waals surface area contributed by atoms with Gasteiger partial charge in [0.15, 0.2) is 0 Å². The Kier molecular flexibility index (Phi) is 1.63. The summed E-state index contributed by atoms with van der Waals surface area (Å²) in [7, 11) is 0. The summed E-state index contributed by atoms with van der Waals surface area (Å²) in [5, 5.41) is 0.764. The zero-order chi connectivity index (χ0) is 5.28. The molecule has 1 heteroatoms. The van der Waals surface area contributed by atoms with E-state index in [4.69, 9.17) is 0 Å². The molecule has 0 heterocycles. The number of rotatable bonds is 2. The summed E-state index contributed by atoms with van der Waals surface area (Å²) < 4.78 is 0. The van der Waals surface area contributed by atoms with Crippen LogP contribution in [0.5, 0.6) is 0 Å². The minimum atomic E-state index is 0.764. The van der Waals surface area contributed by atoms with Crippen LogP contribution in [0.2, 0.25) is 0 Å². The van der Waals surface area contributed by atoms with Crippen LogP contribution in [-0.2, 0) is 0 Å². The normalized spacial score (nSPS) is 38.6. The average Bonchev–Trinajstić information content (AvgIpc) is 2.22. The Hall–Kier alpha value is 0.350. The quantitative estimate of drug-likeness (QED) is 0.525. The highest BCUT2D eigenvalue weighted by Crippen LogP contribution is 2.38. The fraction of sp³-hybridized carbons (Fsp3) is 1.00. The van der Waals surface area contributed by atoms with Crippen molar-refractivity contribution >= 4 is 12.6 Å². The third-order valence-electron chi connectivity index (χ3n) is 1.54. The van der Waals surface area contributed by atoms with E-state index >= 15 is 0 Å². The maximum Gasteiger partial charge on any atom is 0.00485 e. The van der Waals surface area contributed by atoms with Crippen molar-refractivity contribution in [2.75, 3.05) is 0 Å². The fourth-order valence-corrected chi connectivity index (χ4v) is 1.33. The van der Waals surface area contributed by atoms with Crippen molar-refractivity contribution in [3.63, 3.8) is 0 Å². The van der Waals surface area contributed by atoms with Gasteiger partial charge < -0.3 is 0 Å². The molecule has 1 aliphatic carbocycles. The molecule has 1 aliphatic rings. The van der Waals surface area contributed by atoms with Gasteiger partial charge in [-0.1, -0.05) is 13.3 Å². The van der Waals surface area contributed by atoms with E-state index in [9.17, 15) is 0 Å². The molecule has 0 aromatic heterocycles. The number of hydrogen-bond donors (Lipinski definition) is 1. The topological polar surface area (TPSA) is 0 Å². The van der Waals surface area contributed by atoms with Gasteiger partial charge in [-0.25, -0.2) is 0 Å². The highest BCUT2D eigenvalue weighted by molar-refractivity contribution is 7.81. The summed E-state index contributed by atoms with van der Waals surface area (Å²) in [5.74, 6) is 0.980. The lowest BCUT2D eigenvalue weighted by Gasteiger charge is -1.86. The predicted molar refractivity (Wildman–Crippen MR) is 35.8 cm³/mol. The average molecular weight is 116 g/mol. The lowest BCUT2D eigenvalue weighted by atomic mass is 10.2. The van der Waals surface area contributed by atoms with Crippen molar-refractivity contribution in [1.29, 1.82) is 0 Å². The molecule has 1 rings (SSSR count). The van der Waals surface area contributed by atoms with Crippen molar-refractivity contribution in [2.24, 2.45) is 5.92 Å². The zero-order valence-electron chi connectivity index (χ0n) is 4.72. The molecule has 1 fully saturated rings. The van der Waals surface area contributed by atoms with Gasteiger partial charge in [0.25, 0.3) is 0 Å². The maximum atomic E-state index is 4.31. The lowest BCUT2D eigenvalue weighted by Crippen LogP contribution is -1.75. The molecular formula is C6H12S. The van der Waals surface area contributed by atoms with Gasteiger partial charge in [0.05, 0.1) is 0 Å². The van der Waals surface area contributed by atoms with E-state index in [-0.39, 0.29) is 0 Å². The molecule has 2 unspecified atom stereocenters. The molecule has 0 nitrogen and oxygen atoms in total. The van der Waals surface area contributed by atoms with E-state index in [0.29, 0.717) is 0 Å². The standard InChI is InChI=1S/C6H12S/c1-2-3-5-4-6(5)7/h5-7H,2-4H2,1H3. The molecule has 0 saturated heterocycles. The molecule has 0 aromatic carbocycles. The summed E-state index contributed by atoms with van der Waals surface area (Å²) in [6.45, 7) is 2.23. The van der Waals surface area contributed by atoms with Crippen LogP contribution < -0.4 is 0 Å². The van der Waals surface area contributed by atoms with Crippen LogP contribution in [0.4, 0.5) is 0 Å². The summed E-state index contributed by atoms with van der Waals surface area (Å²) >= 11 is 4.31. The van der Waals surface area contributed by atoms with Crippen LogP contribution in [0.25, 0.3) is 0 Å². The van der Waals surface area contributed by atoms with Gasteiger partial charge in [-0.05, 0) is 18.8 Å². The van der Waals surface area contributed by atoms with E-state index in [0.717, 1.165) is 11.2 Å². The molecule has 0 aromatic rings. The van der Waals surface area contributed by atoms with Crippen LogP contribution in [0, 0.1) is 5.92 Å². The second-order valence-corrected chi connectivity index (χ2v) is 3.02. The van der Waals surface area contributed by atoms with Crippen LogP contribution >= 0.6 is 12.6 Å². The van der Waals surface area contributed by atoms with Gasteiger partial charge in [0.2, 0.25) is 0 Å². The maximum absolute atomic E-state index is 4.31. The zero-order valence-corrected chi connectivity index (χ0v) is 5.62. The van der Waals surface area contributed by atoms with Gasteiger partial charge in [-0.15, -0.1) is 0 Å². The number of hydrogen-bond acceptors (Lipinski definition) is 1. The third kappa shape index (κ3) is 1.37. The summed E-state index contributed by atoms with van der Waals surface area (Å²) in [5.41, 5.74) is 0. The Morgan fingerprint density at radius 3 is 2.43 bits per heavy atom. The highest BCUT2D eigenvalue weighted by Gasteiger charge is 2.31. The Morgan fingerprint density at radius 2 is 2.29 bits per heavy atom. The molecule has 1 saturated carbocycles. The Labute approximate surface area is 50.7 Å². The van der Waals surface area contributed by atoms with E-state index in [1.54, 1.807) is 0 Å². The predicted octanol–water partition coefficient (Wildman–Crippen LogP) is 2.10. The Balaban J connectivity index is 1.98. The van der Waals surface area contributed by atoms with Gasteiger partial charge in [-0.3, -0.25) is 0 Å². The Morgan fingerprint density at radius 1 is 1.71 bits per heavy atom. The SMILES string of the molecule is CCCC1CC1S. The molecule has 0 radical (unpaired) electrons. The number of thiol groups is 1. The van der Waals surface area contributed by atoms with Gasteiger partial charge >= 0.3 is 0 Å². The van der Waals surface area contributed by atoms with Crippen molar-refractivity contribution < 1.29 is 0 Å². The minimum Gasteiger partial charge on any atom is -0.176 e. The molecular weight excluding hydrogens is 104 g/mol. The fourth-order valence-electron chi connectivity index (χ4n) is 0.913. The largest absolute Gasteiger partial charge is 0.176 e. The molecule has 2 atom stereocenters. The monoisotopic (exact) mass is 116 g/mol. The van der Waals surface area contributed by atoms with Crippen molar-refractivity contribution in [3.8, 4) is 0 Å². The van der Waals surface area contributed by atoms with Crippen molar-refractivity contribution in [2.45, 2.75) is 31.4 Å². The second kappa shape index (κ2) is 2.08. The first-order valence-electron chi connectivity index (χ1n) is 3.02.